The van der Waals surface area contributed by atoms with E-state index in [-0.39, 0.29) is 0 Å². The van der Waals surface area contributed by atoms with Crippen LogP contribution in [0.4, 0.5) is 5.13 Å². The number of hydrogen-bond acceptors (Lipinski definition) is 5. The number of nitrogens with one attached hydrogen (secondary N) is 1. The average Bonchev–Trinajstić information content (AvgIpc) is 2.62. The first-order valence-corrected chi connectivity index (χ1v) is 5.38. The smallest absolute Gasteiger partial charge is 0.205 e. The van der Waals surface area contributed by atoms with Gasteiger partial charge in [0, 0.05) is 12.1 Å². The Morgan fingerprint density at radius 2 is 2.31 bits per heavy atom. The second kappa shape index (κ2) is 3.59. The van der Waals surface area contributed by atoms with Crippen LogP contribution in [0.1, 0.15) is 24.3 Å². The maximum absolute atomic E-state index is 5.81. The summed E-state index contributed by atoms with van der Waals surface area (Å²) in [6.07, 6.45) is 3.33. The van der Waals surface area contributed by atoms with E-state index in [1.807, 2.05) is 6.92 Å². The Bertz CT molecular complexity index is 285. The van der Waals surface area contributed by atoms with Crippen LogP contribution >= 0.6 is 11.3 Å². The lowest BCUT2D eigenvalue weighted by Crippen LogP contribution is -2.20. The molecule has 0 amide bonds. The normalized spacial score (nSPS) is 27.8. The van der Waals surface area contributed by atoms with E-state index in [1.165, 1.54) is 0 Å². The summed E-state index contributed by atoms with van der Waals surface area (Å²) in [5.41, 5.74) is 5.81. The fraction of sp³-hybridized carbons (Fsp3) is 0.750. The molecule has 72 valence electrons. The van der Waals surface area contributed by atoms with Crippen LogP contribution in [0, 0.1) is 6.92 Å². The van der Waals surface area contributed by atoms with Gasteiger partial charge in [0.25, 0.3) is 0 Å². The molecular formula is C8H14N4S. The van der Waals surface area contributed by atoms with Gasteiger partial charge in [0.1, 0.15) is 5.01 Å². The van der Waals surface area contributed by atoms with Crippen molar-refractivity contribution in [3.63, 3.8) is 0 Å². The molecule has 1 fully saturated rings. The summed E-state index contributed by atoms with van der Waals surface area (Å²) in [6.45, 7) is 1.96. The molecule has 5 heteroatoms. The molecule has 13 heavy (non-hydrogen) atoms. The number of hydrogen-bond donors (Lipinski definition) is 2. The Hall–Kier alpha value is -0.680. The molecule has 1 saturated carbocycles. The van der Waals surface area contributed by atoms with Crippen LogP contribution in [-0.4, -0.2) is 22.3 Å². The average molecular weight is 198 g/mol. The molecular weight excluding hydrogens is 184 g/mol. The lowest BCUT2D eigenvalue weighted by Gasteiger charge is -2.09. The Labute approximate surface area is 81.6 Å². The van der Waals surface area contributed by atoms with Crippen LogP contribution in [0.5, 0.6) is 0 Å². The molecule has 2 unspecified atom stereocenters. The number of aryl methyl sites for hydroxylation is 1. The summed E-state index contributed by atoms with van der Waals surface area (Å²) in [5.74, 6) is 0. The molecule has 1 heterocycles. The van der Waals surface area contributed by atoms with Gasteiger partial charge in [-0.3, -0.25) is 0 Å². The van der Waals surface area contributed by atoms with E-state index >= 15 is 0 Å². The Morgan fingerprint density at radius 1 is 1.46 bits per heavy atom. The minimum Gasteiger partial charge on any atom is -0.357 e. The van der Waals surface area contributed by atoms with Crippen molar-refractivity contribution in [2.45, 2.75) is 38.3 Å². The van der Waals surface area contributed by atoms with Gasteiger partial charge in [0.2, 0.25) is 5.13 Å². The van der Waals surface area contributed by atoms with E-state index in [0.717, 1.165) is 29.4 Å². The third-order valence-corrected chi connectivity index (χ3v) is 3.10. The van der Waals surface area contributed by atoms with E-state index < -0.39 is 0 Å². The molecule has 3 N–H and O–H groups in total. The number of anilines is 1. The molecule has 0 aromatic carbocycles. The SMILES string of the molecule is Cc1nnc(NC2CCC(N)C2)s1. The first-order chi connectivity index (χ1) is 6.24. The van der Waals surface area contributed by atoms with Crippen molar-refractivity contribution in [2.75, 3.05) is 5.32 Å². The summed E-state index contributed by atoms with van der Waals surface area (Å²) in [6, 6.07) is 0.869. The summed E-state index contributed by atoms with van der Waals surface area (Å²) < 4.78 is 0. The first-order valence-electron chi connectivity index (χ1n) is 4.56. The Morgan fingerprint density at radius 3 is 2.85 bits per heavy atom. The van der Waals surface area contributed by atoms with Gasteiger partial charge < -0.3 is 11.1 Å². The van der Waals surface area contributed by atoms with Gasteiger partial charge in [0.15, 0.2) is 0 Å². The van der Waals surface area contributed by atoms with E-state index in [2.05, 4.69) is 15.5 Å². The van der Waals surface area contributed by atoms with E-state index in [0.29, 0.717) is 12.1 Å². The zero-order valence-electron chi connectivity index (χ0n) is 7.66. The van der Waals surface area contributed by atoms with Crippen molar-refractivity contribution < 1.29 is 0 Å². The highest BCUT2D eigenvalue weighted by atomic mass is 32.1. The monoisotopic (exact) mass is 198 g/mol. The number of nitrogens with zero attached hydrogens (tertiary/aromatic N) is 2. The number of rotatable bonds is 2. The highest BCUT2D eigenvalue weighted by molar-refractivity contribution is 7.15. The van der Waals surface area contributed by atoms with Gasteiger partial charge in [-0.2, -0.15) is 0 Å². The van der Waals surface area contributed by atoms with Crippen molar-refractivity contribution >= 4 is 16.5 Å². The fourth-order valence-electron chi connectivity index (χ4n) is 1.68. The summed E-state index contributed by atoms with van der Waals surface area (Å²) >= 11 is 1.60. The third kappa shape index (κ3) is 2.16. The standard InChI is InChI=1S/C8H14N4S/c1-5-11-12-8(13-5)10-7-3-2-6(9)4-7/h6-7H,2-4,9H2,1H3,(H,10,12). The molecule has 0 bridgehead atoms. The second-order valence-electron chi connectivity index (χ2n) is 3.54. The first kappa shape index (κ1) is 8.90. The van der Waals surface area contributed by atoms with Gasteiger partial charge in [0.05, 0.1) is 0 Å². The maximum Gasteiger partial charge on any atom is 0.205 e. The topological polar surface area (TPSA) is 63.8 Å². The van der Waals surface area contributed by atoms with Gasteiger partial charge in [-0.05, 0) is 26.2 Å². The van der Waals surface area contributed by atoms with E-state index in [4.69, 9.17) is 5.73 Å². The molecule has 1 aromatic heterocycles. The van der Waals surface area contributed by atoms with Crippen molar-refractivity contribution in [3.8, 4) is 0 Å². The minimum atomic E-state index is 0.367. The molecule has 1 aromatic rings. The van der Waals surface area contributed by atoms with Crippen molar-refractivity contribution in [3.05, 3.63) is 5.01 Å². The predicted octanol–water partition coefficient (Wildman–Crippen LogP) is 1.14. The van der Waals surface area contributed by atoms with Crippen LogP contribution in [0.3, 0.4) is 0 Å². The van der Waals surface area contributed by atoms with E-state index in [9.17, 15) is 0 Å². The van der Waals surface area contributed by atoms with Gasteiger partial charge in [-0.1, -0.05) is 11.3 Å². The van der Waals surface area contributed by atoms with Crippen LogP contribution in [-0.2, 0) is 0 Å². The second-order valence-corrected chi connectivity index (χ2v) is 4.72. The molecule has 1 aliphatic rings. The van der Waals surface area contributed by atoms with Gasteiger partial charge in [-0.15, -0.1) is 10.2 Å². The van der Waals surface area contributed by atoms with Crippen molar-refractivity contribution in [1.29, 1.82) is 0 Å². The summed E-state index contributed by atoms with van der Waals surface area (Å²) in [5, 5.41) is 13.3. The molecule has 0 radical (unpaired) electrons. The Kier molecular flexibility index (Phi) is 2.46. The Balaban J connectivity index is 1.91. The van der Waals surface area contributed by atoms with Gasteiger partial charge in [-0.25, -0.2) is 0 Å². The molecule has 0 spiro atoms. The van der Waals surface area contributed by atoms with Crippen LogP contribution in [0.25, 0.3) is 0 Å². The molecule has 0 aliphatic heterocycles. The van der Waals surface area contributed by atoms with Crippen LogP contribution in [0.15, 0.2) is 0 Å². The zero-order chi connectivity index (χ0) is 9.26. The van der Waals surface area contributed by atoms with Gasteiger partial charge >= 0.3 is 0 Å². The number of nitrogens with two attached hydrogens (primary N) is 1. The third-order valence-electron chi connectivity index (χ3n) is 2.33. The minimum absolute atomic E-state index is 0.367. The van der Waals surface area contributed by atoms with E-state index in [1.54, 1.807) is 11.3 Å². The lowest BCUT2D eigenvalue weighted by molar-refractivity contribution is 0.687. The van der Waals surface area contributed by atoms with Crippen molar-refractivity contribution in [2.24, 2.45) is 5.73 Å². The molecule has 2 atom stereocenters. The number of aromatic nitrogens is 2. The zero-order valence-corrected chi connectivity index (χ0v) is 8.47. The summed E-state index contributed by atoms with van der Waals surface area (Å²) in [7, 11) is 0. The predicted molar refractivity (Wildman–Crippen MR) is 53.9 cm³/mol. The quantitative estimate of drug-likeness (QED) is 0.748. The highest BCUT2D eigenvalue weighted by Crippen LogP contribution is 2.23. The van der Waals surface area contributed by atoms with Crippen LogP contribution < -0.4 is 11.1 Å². The maximum atomic E-state index is 5.81. The molecule has 2 rings (SSSR count). The summed E-state index contributed by atoms with van der Waals surface area (Å²) in [4.78, 5) is 0. The lowest BCUT2D eigenvalue weighted by atomic mass is 10.2. The molecule has 1 aliphatic carbocycles. The highest BCUT2D eigenvalue weighted by Gasteiger charge is 2.22. The van der Waals surface area contributed by atoms with Crippen molar-refractivity contribution in [1.82, 2.24) is 10.2 Å². The van der Waals surface area contributed by atoms with Crippen LogP contribution in [0.2, 0.25) is 0 Å². The largest absolute Gasteiger partial charge is 0.357 e. The fourth-order valence-corrected chi connectivity index (χ4v) is 2.35. The molecule has 0 saturated heterocycles. The molecule has 4 nitrogen and oxygen atoms in total.